The zero-order valence-corrected chi connectivity index (χ0v) is 10.3. The van der Waals surface area contributed by atoms with Gasteiger partial charge in [0, 0.05) is 25.8 Å². The minimum atomic E-state index is 0.609. The molecule has 2 heteroatoms. The van der Waals surface area contributed by atoms with Crippen molar-refractivity contribution in [3.8, 4) is 5.75 Å². The van der Waals surface area contributed by atoms with E-state index in [1.165, 1.54) is 5.56 Å². The van der Waals surface area contributed by atoms with Gasteiger partial charge in [0.05, 0.1) is 0 Å². The summed E-state index contributed by atoms with van der Waals surface area (Å²) in [6, 6.07) is 18.3. The standard InChI is InChI=1S/C15H17NO/c1-16(2)14-9-6-10-15(11-14)17-12-13-7-4-3-5-8-13/h3-11H,12H2,1-2H3. The number of benzene rings is 2. The molecule has 0 amide bonds. The molecular weight excluding hydrogens is 210 g/mol. The molecule has 0 N–H and O–H groups in total. The van der Waals surface area contributed by atoms with E-state index in [4.69, 9.17) is 4.74 Å². The van der Waals surface area contributed by atoms with Gasteiger partial charge < -0.3 is 9.64 Å². The first-order valence-electron chi connectivity index (χ1n) is 5.70. The van der Waals surface area contributed by atoms with Gasteiger partial charge in [0.25, 0.3) is 0 Å². The summed E-state index contributed by atoms with van der Waals surface area (Å²) < 4.78 is 5.76. The van der Waals surface area contributed by atoms with Gasteiger partial charge in [-0.15, -0.1) is 0 Å². The molecule has 0 aromatic heterocycles. The van der Waals surface area contributed by atoms with Gasteiger partial charge in [-0.3, -0.25) is 0 Å². The molecule has 0 bridgehead atoms. The van der Waals surface area contributed by atoms with Gasteiger partial charge >= 0.3 is 0 Å². The fraction of sp³-hybridized carbons (Fsp3) is 0.200. The van der Waals surface area contributed by atoms with Crippen LogP contribution in [0.1, 0.15) is 5.56 Å². The first kappa shape index (κ1) is 11.5. The number of hydrogen-bond acceptors (Lipinski definition) is 2. The Morgan fingerprint density at radius 2 is 1.71 bits per heavy atom. The Morgan fingerprint density at radius 1 is 0.941 bits per heavy atom. The Labute approximate surface area is 102 Å². The number of anilines is 1. The molecule has 88 valence electrons. The quantitative estimate of drug-likeness (QED) is 0.794. The minimum absolute atomic E-state index is 0.609. The van der Waals surface area contributed by atoms with E-state index in [-0.39, 0.29) is 0 Å². The summed E-state index contributed by atoms with van der Waals surface area (Å²) in [7, 11) is 4.05. The first-order chi connectivity index (χ1) is 8.25. The molecule has 0 unspecified atom stereocenters. The fourth-order valence-electron chi connectivity index (χ4n) is 1.59. The molecule has 0 heterocycles. The Morgan fingerprint density at radius 3 is 2.41 bits per heavy atom. The molecule has 0 spiro atoms. The lowest BCUT2D eigenvalue weighted by Gasteiger charge is -2.14. The van der Waals surface area contributed by atoms with Crippen molar-refractivity contribution in [2.75, 3.05) is 19.0 Å². The maximum absolute atomic E-state index is 5.76. The van der Waals surface area contributed by atoms with E-state index in [9.17, 15) is 0 Å². The molecule has 0 radical (unpaired) electrons. The maximum atomic E-state index is 5.76. The highest BCUT2D eigenvalue weighted by atomic mass is 16.5. The second kappa shape index (κ2) is 5.39. The van der Waals surface area contributed by atoms with Gasteiger partial charge in [-0.05, 0) is 17.7 Å². The maximum Gasteiger partial charge on any atom is 0.121 e. The average molecular weight is 227 g/mol. The van der Waals surface area contributed by atoms with Crippen LogP contribution < -0.4 is 9.64 Å². The van der Waals surface area contributed by atoms with E-state index in [2.05, 4.69) is 23.1 Å². The Kier molecular flexibility index (Phi) is 3.66. The predicted molar refractivity (Wildman–Crippen MR) is 71.5 cm³/mol. The number of ether oxygens (including phenoxy) is 1. The van der Waals surface area contributed by atoms with Crippen molar-refractivity contribution < 1.29 is 4.74 Å². The van der Waals surface area contributed by atoms with Crippen LogP contribution in [0, 0.1) is 0 Å². The monoisotopic (exact) mass is 227 g/mol. The van der Waals surface area contributed by atoms with Crippen molar-refractivity contribution >= 4 is 5.69 Å². The van der Waals surface area contributed by atoms with Gasteiger partial charge in [0.2, 0.25) is 0 Å². The summed E-state index contributed by atoms with van der Waals surface area (Å²) in [5.74, 6) is 0.903. The summed E-state index contributed by atoms with van der Waals surface area (Å²) in [6.07, 6.45) is 0. The molecule has 0 saturated carbocycles. The van der Waals surface area contributed by atoms with Crippen LogP contribution >= 0.6 is 0 Å². The minimum Gasteiger partial charge on any atom is -0.489 e. The van der Waals surface area contributed by atoms with Crippen LogP contribution in [0.25, 0.3) is 0 Å². The summed E-state index contributed by atoms with van der Waals surface area (Å²) in [5.41, 5.74) is 2.33. The zero-order chi connectivity index (χ0) is 12.1. The summed E-state index contributed by atoms with van der Waals surface area (Å²) >= 11 is 0. The smallest absolute Gasteiger partial charge is 0.121 e. The first-order valence-corrected chi connectivity index (χ1v) is 5.70. The van der Waals surface area contributed by atoms with Crippen LogP contribution in [0.2, 0.25) is 0 Å². The van der Waals surface area contributed by atoms with Crippen LogP contribution in [-0.2, 0) is 6.61 Å². The molecule has 2 aromatic rings. The van der Waals surface area contributed by atoms with Crippen molar-refractivity contribution in [2.45, 2.75) is 6.61 Å². The topological polar surface area (TPSA) is 12.5 Å². The molecule has 0 fully saturated rings. The van der Waals surface area contributed by atoms with E-state index in [1.807, 2.05) is 50.5 Å². The van der Waals surface area contributed by atoms with E-state index < -0.39 is 0 Å². The number of nitrogens with zero attached hydrogens (tertiary/aromatic N) is 1. The summed E-state index contributed by atoms with van der Waals surface area (Å²) in [5, 5.41) is 0. The highest BCUT2D eigenvalue weighted by Gasteiger charge is 1.99. The number of hydrogen-bond donors (Lipinski definition) is 0. The van der Waals surface area contributed by atoms with Gasteiger partial charge in [-0.1, -0.05) is 36.4 Å². The van der Waals surface area contributed by atoms with E-state index >= 15 is 0 Å². The molecule has 2 rings (SSSR count). The zero-order valence-electron chi connectivity index (χ0n) is 10.3. The normalized spacial score (nSPS) is 10.0. The largest absolute Gasteiger partial charge is 0.489 e. The van der Waals surface area contributed by atoms with Crippen molar-refractivity contribution in [1.29, 1.82) is 0 Å². The Bertz CT molecular complexity index is 465. The van der Waals surface area contributed by atoms with Crippen molar-refractivity contribution in [3.05, 3.63) is 60.2 Å². The highest BCUT2D eigenvalue weighted by molar-refractivity contribution is 5.49. The van der Waals surface area contributed by atoms with Gasteiger partial charge in [0.1, 0.15) is 12.4 Å². The lowest BCUT2D eigenvalue weighted by molar-refractivity contribution is 0.306. The van der Waals surface area contributed by atoms with Crippen LogP contribution in [0.4, 0.5) is 5.69 Å². The third-order valence-electron chi connectivity index (χ3n) is 2.58. The van der Waals surface area contributed by atoms with Crippen molar-refractivity contribution in [2.24, 2.45) is 0 Å². The van der Waals surface area contributed by atoms with Crippen molar-refractivity contribution in [3.63, 3.8) is 0 Å². The molecule has 0 atom stereocenters. The van der Waals surface area contributed by atoms with Gasteiger partial charge in [-0.2, -0.15) is 0 Å². The lowest BCUT2D eigenvalue weighted by atomic mass is 10.2. The number of rotatable bonds is 4. The van der Waals surface area contributed by atoms with E-state index in [0.717, 1.165) is 11.4 Å². The molecule has 2 nitrogen and oxygen atoms in total. The van der Waals surface area contributed by atoms with Crippen LogP contribution in [0.15, 0.2) is 54.6 Å². The summed E-state index contributed by atoms with van der Waals surface area (Å²) in [6.45, 7) is 0.609. The molecular formula is C15H17NO. The average Bonchev–Trinajstić information content (AvgIpc) is 2.38. The van der Waals surface area contributed by atoms with Crippen LogP contribution in [0.3, 0.4) is 0 Å². The molecule has 17 heavy (non-hydrogen) atoms. The predicted octanol–water partition coefficient (Wildman–Crippen LogP) is 3.33. The molecule has 0 aliphatic heterocycles. The second-order valence-electron chi connectivity index (χ2n) is 4.17. The molecule has 2 aromatic carbocycles. The third kappa shape index (κ3) is 3.25. The van der Waals surface area contributed by atoms with Gasteiger partial charge in [-0.25, -0.2) is 0 Å². The third-order valence-corrected chi connectivity index (χ3v) is 2.58. The SMILES string of the molecule is CN(C)c1cccc(OCc2ccccc2)c1. The van der Waals surface area contributed by atoms with E-state index in [0.29, 0.717) is 6.61 Å². The Balaban J connectivity index is 2.02. The molecule has 0 saturated heterocycles. The fourth-order valence-corrected chi connectivity index (χ4v) is 1.59. The summed E-state index contributed by atoms with van der Waals surface area (Å²) in [4.78, 5) is 2.06. The Hall–Kier alpha value is -1.96. The molecule has 0 aliphatic carbocycles. The lowest BCUT2D eigenvalue weighted by Crippen LogP contribution is -2.08. The van der Waals surface area contributed by atoms with E-state index in [1.54, 1.807) is 0 Å². The van der Waals surface area contributed by atoms with Crippen LogP contribution in [-0.4, -0.2) is 14.1 Å². The van der Waals surface area contributed by atoms with Gasteiger partial charge in [0.15, 0.2) is 0 Å². The van der Waals surface area contributed by atoms with Crippen LogP contribution in [0.5, 0.6) is 5.75 Å². The second-order valence-corrected chi connectivity index (χ2v) is 4.17. The molecule has 0 aliphatic rings. The van der Waals surface area contributed by atoms with Crippen molar-refractivity contribution in [1.82, 2.24) is 0 Å². The highest BCUT2D eigenvalue weighted by Crippen LogP contribution is 2.20.